The molecule has 1 aliphatic rings. The number of fused-ring (bicyclic) bond motifs is 2. The van der Waals surface area contributed by atoms with E-state index in [1.165, 1.54) is 11.3 Å². The van der Waals surface area contributed by atoms with Gasteiger partial charge in [-0.25, -0.2) is 4.98 Å². The summed E-state index contributed by atoms with van der Waals surface area (Å²) in [6.45, 7) is 7.19. The number of amides is 1. The van der Waals surface area contributed by atoms with E-state index in [9.17, 15) is 9.59 Å². The molecular formula is C19H28N4O2S. The van der Waals surface area contributed by atoms with Crippen LogP contribution in [0.4, 0.5) is 0 Å². The van der Waals surface area contributed by atoms with Crippen molar-refractivity contribution >= 4 is 27.5 Å². The number of nitrogens with one attached hydrogen (secondary N) is 1. The quantitative estimate of drug-likeness (QED) is 0.839. The summed E-state index contributed by atoms with van der Waals surface area (Å²) >= 11 is 1.32. The number of aromatic nitrogens is 2. The van der Waals surface area contributed by atoms with Crippen LogP contribution in [0.25, 0.3) is 10.2 Å². The van der Waals surface area contributed by atoms with E-state index in [4.69, 9.17) is 10.7 Å². The predicted octanol–water partition coefficient (Wildman–Crippen LogP) is 2.60. The number of carbonyl (C=O) groups excluding carboxylic acids is 1. The fourth-order valence-electron chi connectivity index (χ4n) is 3.66. The third-order valence-corrected chi connectivity index (χ3v) is 6.18. The van der Waals surface area contributed by atoms with Crippen molar-refractivity contribution in [3.8, 4) is 0 Å². The van der Waals surface area contributed by atoms with Gasteiger partial charge in [-0.3, -0.25) is 14.2 Å². The highest BCUT2D eigenvalue weighted by Gasteiger charge is 2.23. The number of hydrogen-bond acceptors (Lipinski definition) is 5. The molecular weight excluding hydrogens is 348 g/mol. The van der Waals surface area contributed by atoms with Crippen molar-refractivity contribution in [2.24, 2.45) is 11.7 Å². The Balaban J connectivity index is 1.98. The molecule has 0 bridgehead atoms. The van der Waals surface area contributed by atoms with Crippen molar-refractivity contribution in [1.82, 2.24) is 14.9 Å². The summed E-state index contributed by atoms with van der Waals surface area (Å²) in [6.07, 6.45) is 4.85. The zero-order valence-electron chi connectivity index (χ0n) is 15.8. The normalized spacial score (nSPS) is 15.7. The third-order valence-electron chi connectivity index (χ3n) is 4.99. The summed E-state index contributed by atoms with van der Waals surface area (Å²) < 4.78 is 1.80. The topological polar surface area (TPSA) is 90.0 Å². The van der Waals surface area contributed by atoms with E-state index in [0.717, 1.165) is 50.0 Å². The zero-order valence-corrected chi connectivity index (χ0v) is 16.6. The van der Waals surface area contributed by atoms with Gasteiger partial charge < -0.3 is 11.1 Å². The van der Waals surface area contributed by atoms with Crippen molar-refractivity contribution in [3.05, 3.63) is 26.6 Å². The van der Waals surface area contributed by atoms with Gasteiger partial charge in [0, 0.05) is 25.6 Å². The molecule has 1 unspecified atom stereocenters. The minimum Gasteiger partial charge on any atom is -0.347 e. The van der Waals surface area contributed by atoms with E-state index in [1.807, 2.05) is 6.92 Å². The average molecular weight is 377 g/mol. The number of thiophene rings is 1. The number of carbonyl (C=O) groups is 1. The van der Waals surface area contributed by atoms with Gasteiger partial charge in [-0.05, 0) is 37.7 Å². The summed E-state index contributed by atoms with van der Waals surface area (Å²) in [7, 11) is 0. The molecule has 3 N–H and O–H groups in total. The first kappa shape index (κ1) is 19.0. The highest BCUT2D eigenvalue weighted by molar-refractivity contribution is 7.20. The second-order valence-electron chi connectivity index (χ2n) is 7.57. The van der Waals surface area contributed by atoms with Gasteiger partial charge >= 0.3 is 0 Å². The molecule has 0 radical (unpaired) electrons. The van der Waals surface area contributed by atoms with E-state index in [1.54, 1.807) is 4.57 Å². The van der Waals surface area contributed by atoms with Gasteiger partial charge in [-0.2, -0.15) is 0 Å². The lowest BCUT2D eigenvalue weighted by molar-refractivity contribution is 0.0937. The molecule has 6 nitrogen and oxygen atoms in total. The molecule has 0 aromatic carbocycles. The molecule has 1 atom stereocenters. The van der Waals surface area contributed by atoms with Crippen LogP contribution in [0.15, 0.2) is 4.79 Å². The van der Waals surface area contributed by atoms with E-state index in [0.29, 0.717) is 27.6 Å². The maximum atomic E-state index is 13.0. The number of nitrogens with two attached hydrogens (primary N) is 1. The largest absolute Gasteiger partial charge is 0.347 e. The van der Waals surface area contributed by atoms with Gasteiger partial charge in [0.25, 0.3) is 11.5 Å². The Morgan fingerprint density at radius 3 is 2.81 bits per heavy atom. The lowest BCUT2D eigenvalue weighted by Crippen LogP contribution is -2.41. The van der Waals surface area contributed by atoms with Crippen molar-refractivity contribution in [2.75, 3.05) is 6.54 Å². The van der Waals surface area contributed by atoms with Crippen LogP contribution < -0.4 is 16.6 Å². The first-order valence-electron chi connectivity index (χ1n) is 9.46. The molecule has 0 fully saturated rings. The number of hydrogen-bond donors (Lipinski definition) is 2. The first-order valence-corrected chi connectivity index (χ1v) is 10.3. The SMILES string of the molecule is Cc1c(C(=O)NC(CN)CC(C)C)sc2nc3n(c(=O)c12)CCCCC3. The molecule has 2 aromatic rings. The predicted molar refractivity (Wildman–Crippen MR) is 106 cm³/mol. The highest BCUT2D eigenvalue weighted by atomic mass is 32.1. The minimum absolute atomic E-state index is 0.00254. The fraction of sp³-hybridized carbons (Fsp3) is 0.632. The molecule has 3 heterocycles. The van der Waals surface area contributed by atoms with Gasteiger partial charge in [0.15, 0.2) is 0 Å². The van der Waals surface area contributed by atoms with Crippen LogP contribution in [0.1, 0.15) is 60.6 Å². The molecule has 26 heavy (non-hydrogen) atoms. The van der Waals surface area contributed by atoms with Crippen LogP contribution in [0.5, 0.6) is 0 Å². The monoisotopic (exact) mass is 376 g/mol. The Morgan fingerprint density at radius 1 is 1.35 bits per heavy atom. The number of nitrogens with zero attached hydrogens (tertiary/aromatic N) is 2. The molecule has 2 aromatic heterocycles. The van der Waals surface area contributed by atoms with Crippen LogP contribution in [-0.2, 0) is 13.0 Å². The molecule has 3 rings (SSSR count). The summed E-state index contributed by atoms with van der Waals surface area (Å²) in [4.78, 5) is 31.7. The molecule has 1 amide bonds. The lowest BCUT2D eigenvalue weighted by Gasteiger charge is -2.18. The smallest absolute Gasteiger partial charge is 0.262 e. The van der Waals surface area contributed by atoms with Crippen LogP contribution in [-0.4, -0.2) is 28.0 Å². The summed E-state index contributed by atoms with van der Waals surface area (Å²) in [5, 5.41) is 3.62. The van der Waals surface area contributed by atoms with Crippen molar-refractivity contribution in [3.63, 3.8) is 0 Å². The maximum Gasteiger partial charge on any atom is 0.262 e. The van der Waals surface area contributed by atoms with Gasteiger partial charge in [-0.1, -0.05) is 20.3 Å². The Morgan fingerprint density at radius 2 is 2.12 bits per heavy atom. The summed E-state index contributed by atoms with van der Waals surface area (Å²) in [6, 6.07) is -0.0575. The molecule has 0 aliphatic carbocycles. The van der Waals surface area contributed by atoms with Crippen LogP contribution in [0, 0.1) is 12.8 Å². The van der Waals surface area contributed by atoms with Crippen molar-refractivity contribution in [2.45, 2.75) is 65.5 Å². The Labute approximate surface area is 157 Å². The second kappa shape index (κ2) is 7.88. The Kier molecular flexibility index (Phi) is 5.77. The second-order valence-corrected chi connectivity index (χ2v) is 8.57. The molecule has 0 saturated carbocycles. The Hall–Kier alpha value is -1.73. The van der Waals surface area contributed by atoms with Crippen LogP contribution in [0.2, 0.25) is 0 Å². The van der Waals surface area contributed by atoms with Gasteiger partial charge in [0.1, 0.15) is 10.7 Å². The summed E-state index contributed by atoms with van der Waals surface area (Å²) in [5.74, 6) is 1.16. The van der Waals surface area contributed by atoms with Crippen LogP contribution >= 0.6 is 11.3 Å². The molecule has 7 heteroatoms. The van der Waals surface area contributed by atoms with Crippen molar-refractivity contribution < 1.29 is 4.79 Å². The number of aryl methyl sites for hydroxylation is 2. The molecule has 142 valence electrons. The fourth-order valence-corrected chi connectivity index (χ4v) is 4.75. The molecule has 0 saturated heterocycles. The molecule has 0 spiro atoms. The van der Waals surface area contributed by atoms with Crippen molar-refractivity contribution in [1.29, 1.82) is 0 Å². The van der Waals surface area contributed by atoms with Gasteiger partial charge in [-0.15, -0.1) is 11.3 Å². The summed E-state index contributed by atoms with van der Waals surface area (Å²) in [5.41, 5.74) is 6.54. The lowest BCUT2D eigenvalue weighted by atomic mass is 10.0. The van der Waals surface area contributed by atoms with E-state index in [2.05, 4.69) is 19.2 Å². The van der Waals surface area contributed by atoms with Gasteiger partial charge in [0.05, 0.1) is 10.3 Å². The van der Waals surface area contributed by atoms with E-state index < -0.39 is 0 Å². The highest BCUT2D eigenvalue weighted by Crippen LogP contribution is 2.28. The van der Waals surface area contributed by atoms with Gasteiger partial charge in [0.2, 0.25) is 0 Å². The standard InChI is InChI=1S/C19H28N4O2S/c1-11(2)9-13(10-20)21-17(24)16-12(3)15-18(26-16)22-14-7-5-4-6-8-23(14)19(15)25/h11,13H,4-10,20H2,1-3H3,(H,21,24). The third kappa shape index (κ3) is 3.69. The minimum atomic E-state index is -0.152. The molecule has 1 aliphatic heterocycles. The van der Waals surface area contributed by atoms with E-state index in [-0.39, 0.29) is 17.5 Å². The zero-order chi connectivity index (χ0) is 18.8. The van der Waals surface area contributed by atoms with E-state index >= 15 is 0 Å². The average Bonchev–Trinajstić information content (AvgIpc) is 2.77. The maximum absolute atomic E-state index is 13.0. The first-order chi connectivity index (χ1) is 12.4. The van der Waals surface area contributed by atoms with Crippen LogP contribution in [0.3, 0.4) is 0 Å². The Bertz CT molecular complexity index is 869. The number of rotatable bonds is 5.